The van der Waals surface area contributed by atoms with Crippen molar-refractivity contribution in [2.24, 2.45) is 5.92 Å². The van der Waals surface area contributed by atoms with Crippen LogP contribution < -0.4 is 0 Å². The lowest BCUT2D eigenvalue weighted by molar-refractivity contribution is -0.0155. The van der Waals surface area contributed by atoms with Crippen LogP contribution in [0.4, 0.5) is 0 Å². The summed E-state index contributed by atoms with van der Waals surface area (Å²) in [5.74, 6) is 0.110. The Balaban J connectivity index is 2.49. The molecular weight excluding hydrogens is 184 g/mol. The lowest BCUT2D eigenvalue weighted by atomic mass is 9.72. The van der Waals surface area contributed by atoms with Gasteiger partial charge in [-0.15, -0.1) is 6.58 Å². The van der Waals surface area contributed by atoms with Gasteiger partial charge < -0.3 is 5.11 Å². The van der Waals surface area contributed by atoms with E-state index in [1.807, 2.05) is 25.1 Å². The minimum absolute atomic E-state index is 0.110. The van der Waals surface area contributed by atoms with Gasteiger partial charge in [0.05, 0.1) is 5.60 Å². The second kappa shape index (κ2) is 3.82. The molecule has 0 aromatic heterocycles. The van der Waals surface area contributed by atoms with Gasteiger partial charge in [0.2, 0.25) is 0 Å². The average molecular weight is 202 g/mol. The molecule has 0 saturated heterocycles. The van der Waals surface area contributed by atoms with Crippen molar-refractivity contribution in [1.29, 1.82) is 0 Å². The van der Waals surface area contributed by atoms with Gasteiger partial charge in [-0.25, -0.2) is 0 Å². The second-order valence-corrected chi connectivity index (χ2v) is 4.46. The second-order valence-electron chi connectivity index (χ2n) is 4.46. The summed E-state index contributed by atoms with van der Waals surface area (Å²) in [6, 6.07) is 8.22. The molecule has 0 unspecified atom stereocenters. The monoisotopic (exact) mass is 202 g/mol. The molecular formula is C14H18O. The van der Waals surface area contributed by atoms with Crippen molar-refractivity contribution in [3.63, 3.8) is 0 Å². The van der Waals surface area contributed by atoms with Gasteiger partial charge in [-0.2, -0.15) is 0 Å². The summed E-state index contributed by atoms with van der Waals surface area (Å²) < 4.78 is 0. The summed E-state index contributed by atoms with van der Waals surface area (Å²) >= 11 is 0. The van der Waals surface area contributed by atoms with Crippen molar-refractivity contribution in [2.45, 2.75) is 31.8 Å². The summed E-state index contributed by atoms with van der Waals surface area (Å²) in [6.07, 6.45) is 4.84. The summed E-state index contributed by atoms with van der Waals surface area (Å²) in [7, 11) is 0. The summed E-state index contributed by atoms with van der Waals surface area (Å²) in [4.78, 5) is 0. The number of hydrogen-bond donors (Lipinski definition) is 1. The Morgan fingerprint density at radius 3 is 2.93 bits per heavy atom. The first-order valence-electron chi connectivity index (χ1n) is 5.62. The zero-order valence-electron chi connectivity index (χ0n) is 9.24. The average Bonchev–Trinajstić information content (AvgIpc) is 2.28. The fourth-order valence-electron chi connectivity index (χ4n) is 2.51. The summed E-state index contributed by atoms with van der Waals surface area (Å²) in [5.41, 5.74) is 1.69. The maximum atomic E-state index is 10.7. The molecule has 1 aromatic carbocycles. The zero-order chi connectivity index (χ0) is 10.9. The van der Waals surface area contributed by atoms with E-state index in [-0.39, 0.29) is 5.92 Å². The van der Waals surface area contributed by atoms with E-state index in [2.05, 4.69) is 18.7 Å². The number of rotatable bonds is 2. The van der Waals surface area contributed by atoms with Crippen LogP contribution in [0.25, 0.3) is 0 Å². The molecule has 0 saturated carbocycles. The first-order chi connectivity index (χ1) is 7.18. The molecule has 80 valence electrons. The smallest absolute Gasteiger partial charge is 0.0958 e. The van der Waals surface area contributed by atoms with Gasteiger partial charge in [-0.05, 0) is 30.4 Å². The van der Waals surface area contributed by atoms with Crippen LogP contribution in [0.15, 0.2) is 36.9 Å². The first-order valence-corrected chi connectivity index (χ1v) is 5.62. The Hall–Kier alpha value is -1.08. The molecule has 0 aliphatic heterocycles. The van der Waals surface area contributed by atoms with Crippen molar-refractivity contribution in [3.05, 3.63) is 48.0 Å². The van der Waals surface area contributed by atoms with Crippen LogP contribution in [-0.2, 0) is 12.0 Å². The maximum absolute atomic E-state index is 10.7. The molecule has 0 fully saturated rings. The van der Waals surface area contributed by atoms with Gasteiger partial charge in [0.25, 0.3) is 0 Å². The molecule has 1 nitrogen and oxygen atoms in total. The van der Waals surface area contributed by atoms with Gasteiger partial charge in [-0.3, -0.25) is 0 Å². The molecule has 1 heteroatoms. The van der Waals surface area contributed by atoms with E-state index in [0.29, 0.717) is 0 Å². The standard InChI is InChI=1S/C14H18O/c1-3-11(2)14(15)10-6-8-12-7-4-5-9-13(12)14/h3-5,7,9,11,15H,1,6,8,10H2,2H3/t11-,14-/m1/s1. The predicted octanol–water partition coefficient (Wildman–Crippen LogP) is 3.03. The van der Waals surface area contributed by atoms with E-state index in [4.69, 9.17) is 0 Å². The molecule has 1 aromatic rings. The lowest BCUT2D eigenvalue weighted by Crippen LogP contribution is -2.36. The maximum Gasteiger partial charge on any atom is 0.0958 e. The van der Waals surface area contributed by atoms with Crippen LogP contribution in [0, 0.1) is 5.92 Å². The van der Waals surface area contributed by atoms with Gasteiger partial charge in [0.1, 0.15) is 0 Å². The van der Waals surface area contributed by atoms with Crippen LogP contribution >= 0.6 is 0 Å². The van der Waals surface area contributed by atoms with Crippen LogP contribution in [0.5, 0.6) is 0 Å². The van der Waals surface area contributed by atoms with Crippen LogP contribution in [0.3, 0.4) is 0 Å². The first kappa shape index (κ1) is 10.4. The van der Waals surface area contributed by atoms with Gasteiger partial charge >= 0.3 is 0 Å². The molecule has 0 bridgehead atoms. The highest BCUT2D eigenvalue weighted by molar-refractivity contribution is 5.35. The van der Waals surface area contributed by atoms with Crippen molar-refractivity contribution in [2.75, 3.05) is 0 Å². The van der Waals surface area contributed by atoms with E-state index in [0.717, 1.165) is 24.8 Å². The fraction of sp³-hybridized carbons (Fsp3) is 0.429. The predicted molar refractivity (Wildman–Crippen MR) is 62.6 cm³/mol. The van der Waals surface area contributed by atoms with E-state index in [9.17, 15) is 5.11 Å². The van der Waals surface area contributed by atoms with E-state index < -0.39 is 5.60 Å². The molecule has 1 aliphatic carbocycles. The lowest BCUT2D eigenvalue weighted by Gasteiger charge is -2.38. The number of aliphatic hydroxyl groups is 1. The third-order valence-electron chi connectivity index (χ3n) is 3.59. The number of benzene rings is 1. The van der Waals surface area contributed by atoms with Gasteiger partial charge in [0.15, 0.2) is 0 Å². The molecule has 15 heavy (non-hydrogen) atoms. The topological polar surface area (TPSA) is 20.2 Å². The van der Waals surface area contributed by atoms with Crippen molar-refractivity contribution >= 4 is 0 Å². The molecule has 1 N–H and O–H groups in total. The highest BCUT2D eigenvalue weighted by Gasteiger charge is 2.37. The Labute approximate surface area is 91.4 Å². The molecule has 2 atom stereocenters. The van der Waals surface area contributed by atoms with E-state index >= 15 is 0 Å². The number of fused-ring (bicyclic) bond motifs is 1. The van der Waals surface area contributed by atoms with Crippen molar-refractivity contribution in [1.82, 2.24) is 0 Å². The molecule has 0 amide bonds. The van der Waals surface area contributed by atoms with Crippen molar-refractivity contribution < 1.29 is 5.11 Å². The molecule has 0 radical (unpaired) electrons. The minimum Gasteiger partial charge on any atom is -0.385 e. The molecule has 0 spiro atoms. The highest BCUT2D eigenvalue weighted by atomic mass is 16.3. The quantitative estimate of drug-likeness (QED) is 0.731. The number of aryl methyl sites for hydroxylation is 1. The van der Waals surface area contributed by atoms with Crippen LogP contribution in [-0.4, -0.2) is 5.11 Å². The van der Waals surface area contributed by atoms with Gasteiger partial charge in [-0.1, -0.05) is 37.3 Å². The third kappa shape index (κ3) is 1.61. The fourth-order valence-corrected chi connectivity index (χ4v) is 2.51. The summed E-state index contributed by atoms with van der Waals surface area (Å²) in [5, 5.41) is 10.7. The molecule has 2 rings (SSSR count). The highest BCUT2D eigenvalue weighted by Crippen LogP contribution is 2.40. The Morgan fingerprint density at radius 1 is 1.47 bits per heavy atom. The third-order valence-corrected chi connectivity index (χ3v) is 3.59. The molecule has 0 heterocycles. The molecule has 1 aliphatic rings. The largest absolute Gasteiger partial charge is 0.385 e. The Morgan fingerprint density at radius 2 is 2.20 bits per heavy atom. The van der Waals surface area contributed by atoms with Crippen molar-refractivity contribution in [3.8, 4) is 0 Å². The number of hydrogen-bond acceptors (Lipinski definition) is 1. The normalized spacial score (nSPS) is 26.8. The van der Waals surface area contributed by atoms with E-state index in [1.54, 1.807) is 0 Å². The van der Waals surface area contributed by atoms with Crippen LogP contribution in [0.1, 0.15) is 30.9 Å². The Kier molecular flexibility index (Phi) is 2.66. The minimum atomic E-state index is -0.698. The van der Waals surface area contributed by atoms with Gasteiger partial charge in [0, 0.05) is 5.92 Å². The Bertz CT molecular complexity index is 369. The van der Waals surface area contributed by atoms with E-state index in [1.165, 1.54) is 5.56 Å². The van der Waals surface area contributed by atoms with Crippen LogP contribution in [0.2, 0.25) is 0 Å². The summed E-state index contributed by atoms with van der Waals surface area (Å²) in [6.45, 7) is 5.83. The zero-order valence-corrected chi connectivity index (χ0v) is 9.24. The SMILES string of the molecule is C=C[C@@H](C)[C@]1(O)CCCc2ccccc21.